The lowest BCUT2D eigenvalue weighted by Crippen LogP contribution is -2.25. The van der Waals surface area contributed by atoms with Crippen LogP contribution < -0.4 is 16.8 Å². The minimum atomic E-state index is -0.589. The van der Waals surface area contributed by atoms with E-state index in [-0.39, 0.29) is 23.2 Å². The largest absolute Gasteiger partial charge is 0.397 e. The molecule has 2 amide bonds. The summed E-state index contributed by atoms with van der Waals surface area (Å²) in [5.74, 6) is -0.800. The molecule has 0 unspecified atom stereocenters. The molecule has 92 valence electrons. The molecule has 0 spiro atoms. The van der Waals surface area contributed by atoms with E-state index in [0.29, 0.717) is 9.09 Å². The zero-order valence-electron chi connectivity index (χ0n) is 9.28. The SMILES string of the molecule is CSc1sc(C(=O)NC2CC2)c(N)c1C(N)=O. The topological polar surface area (TPSA) is 98.2 Å². The average molecular weight is 271 g/mol. The van der Waals surface area contributed by atoms with Crippen molar-refractivity contribution in [1.82, 2.24) is 5.32 Å². The molecule has 0 saturated heterocycles. The van der Waals surface area contributed by atoms with Crippen LogP contribution in [0.15, 0.2) is 4.21 Å². The summed E-state index contributed by atoms with van der Waals surface area (Å²) in [6, 6.07) is 0.263. The predicted molar refractivity (Wildman–Crippen MR) is 69.5 cm³/mol. The Labute approximate surface area is 107 Å². The fraction of sp³-hybridized carbons (Fsp3) is 0.400. The zero-order valence-corrected chi connectivity index (χ0v) is 10.9. The molecule has 0 atom stereocenters. The van der Waals surface area contributed by atoms with Crippen LogP contribution in [0.3, 0.4) is 0 Å². The number of carbonyl (C=O) groups excluding carboxylic acids is 2. The van der Waals surface area contributed by atoms with Crippen LogP contribution in [0.1, 0.15) is 32.9 Å². The normalized spacial score (nSPS) is 14.6. The van der Waals surface area contributed by atoms with E-state index in [0.717, 1.165) is 12.8 Å². The van der Waals surface area contributed by atoms with Gasteiger partial charge in [0.2, 0.25) is 0 Å². The van der Waals surface area contributed by atoms with E-state index in [1.807, 2.05) is 6.26 Å². The van der Waals surface area contributed by atoms with E-state index >= 15 is 0 Å². The number of rotatable bonds is 4. The molecular formula is C10H13N3O2S2. The second kappa shape index (κ2) is 4.58. The number of hydrogen-bond donors (Lipinski definition) is 3. The van der Waals surface area contributed by atoms with Crippen LogP contribution >= 0.6 is 23.1 Å². The summed E-state index contributed by atoms with van der Waals surface area (Å²) in [6.07, 6.45) is 3.84. The van der Waals surface area contributed by atoms with E-state index in [1.165, 1.54) is 23.1 Å². The van der Waals surface area contributed by atoms with E-state index in [2.05, 4.69) is 5.32 Å². The first-order valence-electron chi connectivity index (χ1n) is 5.11. The quantitative estimate of drug-likeness (QED) is 0.713. The maximum Gasteiger partial charge on any atom is 0.263 e. The summed E-state index contributed by atoms with van der Waals surface area (Å²) in [5, 5.41) is 2.84. The second-order valence-electron chi connectivity index (χ2n) is 3.82. The summed E-state index contributed by atoms with van der Waals surface area (Å²) in [6.45, 7) is 0. The highest BCUT2D eigenvalue weighted by molar-refractivity contribution is 8.00. The first kappa shape index (κ1) is 12.3. The van der Waals surface area contributed by atoms with Crippen molar-refractivity contribution in [3.05, 3.63) is 10.4 Å². The number of anilines is 1. The minimum absolute atomic E-state index is 0.199. The van der Waals surface area contributed by atoms with Gasteiger partial charge in [-0.25, -0.2) is 0 Å². The summed E-state index contributed by atoms with van der Waals surface area (Å²) in [7, 11) is 0. The molecule has 1 heterocycles. The second-order valence-corrected chi connectivity index (χ2v) is 5.92. The van der Waals surface area contributed by atoms with Crippen molar-refractivity contribution in [3.63, 3.8) is 0 Å². The monoisotopic (exact) mass is 271 g/mol. The number of thioether (sulfide) groups is 1. The van der Waals surface area contributed by atoms with Gasteiger partial charge in [0.15, 0.2) is 0 Å². The van der Waals surface area contributed by atoms with Crippen LogP contribution in [0.5, 0.6) is 0 Å². The molecule has 0 aliphatic heterocycles. The molecular weight excluding hydrogens is 258 g/mol. The third-order valence-electron chi connectivity index (χ3n) is 2.46. The van der Waals surface area contributed by atoms with Crippen molar-refractivity contribution in [2.45, 2.75) is 23.1 Å². The number of primary amides is 1. The first-order chi connectivity index (χ1) is 8.04. The van der Waals surface area contributed by atoms with Gasteiger partial charge < -0.3 is 16.8 Å². The first-order valence-corrected chi connectivity index (χ1v) is 7.15. The Balaban J connectivity index is 2.33. The Morgan fingerprint density at radius 2 is 2.12 bits per heavy atom. The highest BCUT2D eigenvalue weighted by Gasteiger charge is 2.28. The van der Waals surface area contributed by atoms with Crippen molar-refractivity contribution in [1.29, 1.82) is 0 Å². The van der Waals surface area contributed by atoms with E-state index in [1.54, 1.807) is 0 Å². The molecule has 1 aliphatic rings. The lowest BCUT2D eigenvalue weighted by atomic mass is 10.2. The van der Waals surface area contributed by atoms with Gasteiger partial charge in [0.05, 0.1) is 15.5 Å². The van der Waals surface area contributed by atoms with E-state index < -0.39 is 5.91 Å². The Kier molecular flexibility index (Phi) is 3.30. The van der Waals surface area contributed by atoms with Crippen LogP contribution in [-0.4, -0.2) is 24.1 Å². The van der Waals surface area contributed by atoms with Gasteiger partial charge in [-0.05, 0) is 19.1 Å². The molecule has 2 rings (SSSR count). The Hall–Kier alpha value is -1.21. The predicted octanol–water partition coefficient (Wildman–Crippen LogP) is 1.04. The maximum atomic E-state index is 11.9. The fourth-order valence-corrected chi connectivity index (χ4v) is 3.31. The maximum absolute atomic E-state index is 11.9. The summed E-state index contributed by atoms with van der Waals surface area (Å²) < 4.78 is 0.691. The molecule has 0 bridgehead atoms. The smallest absolute Gasteiger partial charge is 0.263 e. The van der Waals surface area contributed by atoms with Crippen molar-refractivity contribution in [2.75, 3.05) is 12.0 Å². The lowest BCUT2D eigenvalue weighted by molar-refractivity contribution is 0.0955. The van der Waals surface area contributed by atoms with E-state index in [9.17, 15) is 9.59 Å². The standard InChI is InChI=1S/C10H13N3O2S2/c1-16-10-5(8(12)14)6(11)7(17-10)9(15)13-4-2-3-4/h4H,2-3,11H2,1H3,(H2,12,14)(H,13,15). The molecule has 17 heavy (non-hydrogen) atoms. The van der Waals surface area contributed by atoms with Crippen LogP contribution in [0.4, 0.5) is 5.69 Å². The van der Waals surface area contributed by atoms with Gasteiger partial charge in [0.1, 0.15) is 4.88 Å². The molecule has 1 aromatic heterocycles. The number of nitrogens with one attached hydrogen (secondary N) is 1. The molecule has 7 heteroatoms. The molecule has 0 aromatic carbocycles. The van der Waals surface area contributed by atoms with Gasteiger partial charge >= 0.3 is 0 Å². The third-order valence-corrected chi connectivity index (χ3v) is 4.79. The van der Waals surface area contributed by atoms with Gasteiger partial charge in [0, 0.05) is 6.04 Å². The van der Waals surface area contributed by atoms with Gasteiger partial charge in [-0.3, -0.25) is 9.59 Å². The number of carbonyl (C=O) groups is 2. The Morgan fingerprint density at radius 1 is 1.47 bits per heavy atom. The van der Waals surface area contributed by atoms with Gasteiger partial charge in [-0.1, -0.05) is 0 Å². The van der Waals surface area contributed by atoms with E-state index in [4.69, 9.17) is 11.5 Å². The number of thiophene rings is 1. The molecule has 1 aliphatic carbocycles. The highest BCUT2D eigenvalue weighted by atomic mass is 32.2. The number of nitrogens with two attached hydrogens (primary N) is 2. The van der Waals surface area contributed by atoms with Crippen LogP contribution in [0.25, 0.3) is 0 Å². The lowest BCUT2D eigenvalue weighted by Gasteiger charge is -2.01. The number of hydrogen-bond acceptors (Lipinski definition) is 5. The van der Waals surface area contributed by atoms with Gasteiger partial charge in [-0.15, -0.1) is 23.1 Å². The number of amides is 2. The molecule has 5 nitrogen and oxygen atoms in total. The van der Waals surface area contributed by atoms with Crippen molar-refractivity contribution in [3.8, 4) is 0 Å². The highest BCUT2D eigenvalue weighted by Crippen LogP contribution is 2.37. The van der Waals surface area contributed by atoms with Crippen molar-refractivity contribution < 1.29 is 9.59 Å². The fourth-order valence-electron chi connectivity index (χ4n) is 1.45. The van der Waals surface area contributed by atoms with Crippen molar-refractivity contribution in [2.24, 2.45) is 5.73 Å². The average Bonchev–Trinajstić information content (AvgIpc) is 2.99. The Morgan fingerprint density at radius 3 is 2.53 bits per heavy atom. The Bertz CT molecular complexity index is 480. The van der Waals surface area contributed by atoms with Crippen LogP contribution in [0, 0.1) is 0 Å². The molecule has 5 N–H and O–H groups in total. The molecule has 1 saturated carbocycles. The minimum Gasteiger partial charge on any atom is -0.397 e. The molecule has 1 fully saturated rings. The molecule has 1 aromatic rings. The zero-order chi connectivity index (χ0) is 12.6. The third kappa shape index (κ3) is 2.39. The molecule has 0 radical (unpaired) electrons. The summed E-state index contributed by atoms with van der Waals surface area (Å²) in [5.41, 5.74) is 11.5. The van der Waals surface area contributed by atoms with Crippen LogP contribution in [0.2, 0.25) is 0 Å². The van der Waals surface area contributed by atoms with Crippen molar-refractivity contribution >= 4 is 40.6 Å². The van der Waals surface area contributed by atoms with Gasteiger partial charge in [0.25, 0.3) is 11.8 Å². The summed E-state index contributed by atoms with van der Waals surface area (Å²) in [4.78, 5) is 23.5. The van der Waals surface area contributed by atoms with Crippen LogP contribution in [-0.2, 0) is 0 Å². The van der Waals surface area contributed by atoms with Gasteiger partial charge in [-0.2, -0.15) is 0 Å². The number of nitrogen functional groups attached to an aromatic ring is 1. The summed E-state index contributed by atoms with van der Waals surface area (Å²) >= 11 is 2.59.